The Labute approximate surface area is 191 Å². The van der Waals surface area contributed by atoms with Gasteiger partial charge in [-0.25, -0.2) is 4.98 Å². The highest BCUT2D eigenvalue weighted by molar-refractivity contribution is 7.17. The second kappa shape index (κ2) is 8.70. The van der Waals surface area contributed by atoms with E-state index in [4.69, 9.17) is 18.9 Å². The smallest absolute Gasteiger partial charge is 0.263 e. The van der Waals surface area contributed by atoms with Crippen molar-refractivity contribution >= 4 is 17.2 Å². The predicted octanol–water partition coefficient (Wildman–Crippen LogP) is 4.57. The molecule has 1 aromatic heterocycles. The van der Waals surface area contributed by atoms with E-state index in [-0.39, 0.29) is 5.91 Å². The van der Waals surface area contributed by atoms with Crippen LogP contribution in [0.5, 0.6) is 23.0 Å². The lowest BCUT2D eigenvalue weighted by atomic mass is 9.93. The van der Waals surface area contributed by atoms with Gasteiger partial charge in [0.15, 0.2) is 23.0 Å². The van der Waals surface area contributed by atoms with Crippen LogP contribution in [0.2, 0.25) is 0 Å². The maximum Gasteiger partial charge on any atom is 0.263 e. The fourth-order valence-electron chi connectivity index (χ4n) is 3.54. The first-order chi connectivity index (χ1) is 15.3. The van der Waals surface area contributed by atoms with E-state index >= 15 is 0 Å². The molecule has 8 heteroatoms. The zero-order valence-corrected chi connectivity index (χ0v) is 19.6. The molecule has 0 unspecified atom stereocenters. The molecule has 0 spiro atoms. The van der Waals surface area contributed by atoms with Gasteiger partial charge in [-0.15, -0.1) is 11.3 Å². The van der Waals surface area contributed by atoms with Crippen LogP contribution in [0, 0.1) is 6.92 Å². The van der Waals surface area contributed by atoms with Gasteiger partial charge in [-0.1, -0.05) is 6.07 Å². The first-order valence-electron chi connectivity index (χ1n) is 10.2. The van der Waals surface area contributed by atoms with E-state index < -0.39 is 5.54 Å². The number of aryl methyl sites for hydroxylation is 1. The topological polar surface area (TPSA) is 78.9 Å². The number of hydrogen-bond acceptors (Lipinski definition) is 7. The normalized spacial score (nSPS) is 12.9. The fourth-order valence-corrected chi connectivity index (χ4v) is 4.50. The second-order valence-corrected chi connectivity index (χ2v) is 8.94. The molecule has 0 radical (unpaired) electrons. The molecule has 0 atom stereocenters. The second-order valence-electron chi connectivity index (χ2n) is 7.94. The molecule has 0 bridgehead atoms. The summed E-state index contributed by atoms with van der Waals surface area (Å²) in [6.07, 6.45) is 0. The van der Waals surface area contributed by atoms with E-state index in [9.17, 15) is 4.79 Å². The van der Waals surface area contributed by atoms with E-state index in [1.54, 1.807) is 14.2 Å². The molecule has 0 fully saturated rings. The van der Waals surface area contributed by atoms with Gasteiger partial charge in [0.1, 0.15) is 23.1 Å². The zero-order chi connectivity index (χ0) is 22.9. The van der Waals surface area contributed by atoms with Crippen LogP contribution in [0.4, 0.5) is 0 Å². The molecule has 7 nitrogen and oxygen atoms in total. The summed E-state index contributed by atoms with van der Waals surface area (Å²) in [5.41, 5.74) is 1.85. The van der Waals surface area contributed by atoms with Gasteiger partial charge in [-0.05, 0) is 56.7 Å². The highest BCUT2D eigenvalue weighted by Crippen LogP contribution is 2.36. The van der Waals surface area contributed by atoms with E-state index in [1.165, 1.54) is 11.3 Å². The van der Waals surface area contributed by atoms with Crippen molar-refractivity contribution in [3.63, 3.8) is 0 Å². The number of carbonyl (C=O) groups excluding carboxylic acids is 1. The van der Waals surface area contributed by atoms with Crippen LogP contribution in [0.1, 0.15) is 34.8 Å². The number of nitrogens with zero attached hydrogens (tertiary/aromatic N) is 1. The van der Waals surface area contributed by atoms with Crippen molar-refractivity contribution < 1.29 is 23.7 Å². The molecule has 168 valence electrons. The van der Waals surface area contributed by atoms with Gasteiger partial charge in [0.25, 0.3) is 5.91 Å². The van der Waals surface area contributed by atoms with Crippen LogP contribution < -0.4 is 24.3 Å². The molecule has 1 N–H and O–H groups in total. The quantitative estimate of drug-likeness (QED) is 0.588. The molecule has 0 saturated carbocycles. The number of carbonyl (C=O) groups is 1. The molecule has 1 aliphatic heterocycles. The molecule has 2 heterocycles. The summed E-state index contributed by atoms with van der Waals surface area (Å²) in [5, 5.41) is 3.87. The number of nitrogens with one attached hydrogen (secondary N) is 1. The summed E-state index contributed by atoms with van der Waals surface area (Å²) in [6.45, 7) is 6.82. The first-order valence-corrected chi connectivity index (χ1v) is 11.1. The van der Waals surface area contributed by atoms with Gasteiger partial charge in [0.2, 0.25) is 0 Å². The maximum atomic E-state index is 13.2. The number of benzene rings is 2. The maximum absolute atomic E-state index is 13.2. The highest BCUT2D eigenvalue weighted by Gasteiger charge is 2.28. The summed E-state index contributed by atoms with van der Waals surface area (Å²) in [7, 11) is 3.19. The standard InChI is InChI=1S/C24H26N2O5S/c1-14-21(32-23(25-14)15-6-8-17(28-4)19(12-15)29-5)22(27)26-24(2,3)16-7-9-18-20(13-16)31-11-10-30-18/h6-9,12-13H,10-11H2,1-5H3,(H,26,27). The van der Waals surface area contributed by atoms with Gasteiger partial charge >= 0.3 is 0 Å². The molecule has 32 heavy (non-hydrogen) atoms. The molecular formula is C24H26N2O5S. The Morgan fingerprint density at radius 1 is 1.03 bits per heavy atom. The van der Waals surface area contributed by atoms with Gasteiger partial charge in [0.05, 0.1) is 25.5 Å². The zero-order valence-electron chi connectivity index (χ0n) is 18.8. The van der Waals surface area contributed by atoms with Crippen LogP contribution >= 0.6 is 11.3 Å². The number of thiazole rings is 1. The van der Waals surface area contributed by atoms with Gasteiger partial charge < -0.3 is 24.3 Å². The molecule has 3 aromatic rings. The van der Waals surface area contributed by atoms with Crippen molar-refractivity contribution in [2.24, 2.45) is 0 Å². The van der Waals surface area contributed by atoms with Crippen molar-refractivity contribution in [2.75, 3.05) is 27.4 Å². The number of rotatable bonds is 6. The predicted molar refractivity (Wildman–Crippen MR) is 123 cm³/mol. The number of amides is 1. The Morgan fingerprint density at radius 3 is 2.47 bits per heavy atom. The van der Waals surface area contributed by atoms with E-state index in [0.717, 1.165) is 21.9 Å². The molecule has 1 amide bonds. The third-order valence-corrected chi connectivity index (χ3v) is 6.53. The van der Waals surface area contributed by atoms with Crippen molar-refractivity contribution in [3.8, 4) is 33.6 Å². The van der Waals surface area contributed by atoms with Crippen LogP contribution in [-0.4, -0.2) is 38.3 Å². The Morgan fingerprint density at radius 2 is 1.75 bits per heavy atom. The number of methoxy groups -OCH3 is 2. The number of ether oxygens (including phenoxy) is 4. The minimum atomic E-state index is -0.618. The average molecular weight is 455 g/mol. The Kier molecular flexibility index (Phi) is 5.97. The minimum absolute atomic E-state index is 0.174. The van der Waals surface area contributed by atoms with Crippen molar-refractivity contribution in [1.29, 1.82) is 0 Å². The lowest BCUT2D eigenvalue weighted by Gasteiger charge is -2.28. The lowest BCUT2D eigenvalue weighted by Crippen LogP contribution is -2.41. The molecule has 1 aliphatic rings. The molecule has 0 aliphatic carbocycles. The minimum Gasteiger partial charge on any atom is -0.493 e. The van der Waals surface area contributed by atoms with Crippen molar-refractivity contribution in [3.05, 3.63) is 52.5 Å². The Bertz CT molecular complexity index is 1160. The Balaban J connectivity index is 1.57. The number of hydrogen-bond donors (Lipinski definition) is 1. The number of aromatic nitrogens is 1. The third kappa shape index (κ3) is 4.23. The van der Waals surface area contributed by atoms with E-state index in [2.05, 4.69) is 10.3 Å². The van der Waals surface area contributed by atoms with Gasteiger partial charge in [-0.3, -0.25) is 4.79 Å². The SMILES string of the molecule is COc1ccc(-c2nc(C)c(C(=O)NC(C)(C)c3ccc4c(c3)OCCO4)s2)cc1OC. The number of fused-ring (bicyclic) bond motifs is 1. The molecule has 0 saturated heterocycles. The van der Waals surface area contributed by atoms with Crippen LogP contribution in [0.25, 0.3) is 10.6 Å². The third-order valence-electron chi connectivity index (χ3n) is 5.32. The van der Waals surface area contributed by atoms with Gasteiger partial charge in [-0.2, -0.15) is 0 Å². The van der Waals surface area contributed by atoms with Crippen LogP contribution in [0.15, 0.2) is 36.4 Å². The van der Waals surface area contributed by atoms with Crippen molar-refractivity contribution in [2.45, 2.75) is 26.3 Å². The summed E-state index contributed by atoms with van der Waals surface area (Å²) in [5.74, 6) is 2.50. The van der Waals surface area contributed by atoms with Gasteiger partial charge in [0, 0.05) is 5.56 Å². The van der Waals surface area contributed by atoms with Crippen molar-refractivity contribution in [1.82, 2.24) is 10.3 Å². The summed E-state index contributed by atoms with van der Waals surface area (Å²) >= 11 is 1.35. The molecule has 2 aromatic carbocycles. The molecular weight excluding hydrogens is 428 g/mol. The Hall–Kier alpha value is -3.26. The largest absolute Gasteiger partial charge is 0.493 e. The van der Waals surface area contributed by atoms with Crippen LogP contribution in [0.3, 0.4) is 0 Å². The van der Waals surface area contributed by atoms with Crippen LogP contribution in [-0.2, 0) is 5.54 Å². The highest BCUT2D eigenvalue weighted by atomic mass is 32.1. The van der Waals surface area contributed by atoms with E-state index in [1.807, 2.05) is 57.2 Å². The lowest BCUT2D eigenvalue weighted by molar-refractivity contribution is 0.0915. The first kappa shape index (κ1) is 22.0. The summed E-state index contributed by atoms with van der Waals surface area (Å²) < 4.78 is 22.0. The summed E-state index contributed by atoms with van der Waals surface area (Å²) in [6, 6.07) is 11.3. The monoisotopic (exact) mass is 454 g/mol. The van der Waals surface area contributed by atoms with E-state index in [0.29, 0.717) is 41.0 Å². The summed E-state index contributed by atoms with van der Waals surface area (Å²) in [4.78, 5) is 18.4. The fraction of sp³-hybridized carbons (Fsp3) is 0.333. The average Bonchev–Trinajstić information content (AvgIpc) is 3.19. The molecule has 4 rings (SSSR count).